The largest absolute Gasteiger partial charge is 0.497 e. The highest BCUT2D eigenvalue weighted by Gasteiger charge is 2.59. The highest BCUT2D eigenvalue weighted by Crippen LogP contribution is 2.51. The van der Waals surface area contributed by atoms with E-state index in [0.29, 0.717) is 49.8 Å². The van der Waals surface area contributed by atoms with E-state index in [-0.39, 0.29) is 36.6 Å². The summed E-state index contributed by atoms with van der Waals surface area (Å²) in [6.45, 7) is 2.01. The molecule has 1 N–H and O–H groups in total. The van der Waals surface area contributed by atoms with E-state index >= 15 is 4.39 Å². The summed E-state index contributed by atoms with van der Waals surface area (Å²) in [6, 6.07) is 13.5. The number of methoxy groups -OCH3 is 2. The average Bonchev–Trinajstić information content (AvgIpc) is 3.67. The maximum Gasteiger partial charge on any atom is 0.306 e. The summed E-state index contributed by atoms with van der Waals surface area (Å²) in [5.74, 6) is -1.53. The second kappa shape index (κ2) is 12.0. The van der Waals surface area contributed by atoms with Crippen LogP contribution in [0.15, 0.2) is 42.5 Å². The van der Waals surface area contributed by atoms with Crippen molar-refractivity contribution in [1.82, 2.24) is 9.80 Å². The molecule has 1 saturated carbocycles. The van der Waals surface area contributed by atoms with Crippen LogP contribution in [-0.4, -0.2) is 97.6 Å². The number of nitrogens with zero attached hydrogens (tertiary/aromatic N) is 3. The number of piperidine rings is 1. The molecule has 1 aliphatic carbocycles. The van der Waals surface area contributed by atoms with Gasteiger partial charge in [0.25, 0.3) is 5.91 Å². The highest BCUT2D eigenvalue weighted by molar-refractivity contribution is 6.30. The zero-order valence-corrected chi connectivity index (χ0v) is 26.8. The fourth-order valence-electron chi connectivity index (χ4n) is 9.18. The maximum atomic E-state index is 17.8. The Balaban J connectivity index is 1.19. The Hall–Kier alpha value is -2.88. The van der Waals surface area contributed by atoms with E-state index in [1.54, 1.807) is 19.1 Å². The van der Waals surface area contributed by atoms with E-state index in [0.717, 1.165) is 42.5 Å². The van der Waals surface area contributed by atoms with Crippen LogP contribution in [0.4, 0.5) is 10.1 Å². The van der Waals surface area contributed by atoms with Gasteiger partial charge < -0.3 is 24.4 Å². The second-order valence-electron chi connectivity index (χ2n) is 13.8. The fourth-order valence-corrected chi connectivity index (χ4v) is 9.34. The molecule has 4 fully saturated rings. The van der Waals surface area contributed by atoms with Gasteiger partial charge in [0.05, 0.1) is 19.1 Å². The third kappa shape index (κ3) is 5.38. The lowest BCUT2D eigenvalue weighted by Crippen LogP contribution is -2.53. The molecule has 6 atom stereocenters. The number of amides is 1. The number of aliphatic carboxylic acids is 1. The van der Waals surface area contributed by atoms with E-state index < -0.39 is 29.4 Å². The number of benzene rings is 2. The molecule has 4 aliphatic heterocycles. The first kappa shape index (κ1) is 30.8. The van der Waals surface area contributed by atoms with Gasteiger partial charge in [-0.1, -0.05) is 29.8 Å². The summed E-state index contributed by atoms with van der Waals surface area (Å²) in [7, 11) is 3.36. The molecule has 3 saturated heterocycles. The molecule has 2 aromatic carbocycles. The van der Waals surface area contributed by atoms with Crippen LogP contribution in [0.1, 0.15) is 61.5 Å². The minimum absolute atomic E-state index is 0.000115. The predicted octanol–water partition coefficient (Wildman–Crippen LogP) is 5.34. The number of fused-ring (bicyclic) bond motifs is 6. The molecule has 1 amide bonds. The lowest BCUT2D eigenvalue weighted by molar-refractivity contribution is -0.144. The van der Waals surface area contributed by atoms with Gasteiger partial charge in [0, 0.05) is 80.4 Å². The molecule has 7 rings (SSSR count). The van der Waals surface area contributed by atoms with E-state index in [9.17, 15) is 14.7 Å². The van der Waals surface area contributed by atoms with Crippen molar-refractivity contribution in [3.05, 3.63) is 58.6 Å². The van der Waals surface area contributed by atoms with Gasteiger partial charge >= 0.3 is 5.97 Å². The standard InChI is InChI=1S/C35H43ClFN3O5/c1-44-25-8-3-21(4-9-25)30-19-39(24-6-10-26(45-2)11-7-24)20-35(30,37)34(43)38-17-28-27-12-5-23(36)16-32(27)40-14-13-22(33(41)42)15-31(40)29(28)18-38/h3-5,8-9,12,16,22,24,26,28-31H,6-7,10-11,13-15,17-20H2,1-2H3,(H,41,42)/t22?,24?,26?,28-,29+,30+,31?,35+/m1/s1. The molecule has 45 heavy (non-hydrogen) atoms. The van der Waals surface area contributed by atoms with Crippen LogP contribution in [0.25, 0.3) is 0 Å². The molecule has 0 bridgehead atoms. The Morgan fingerprint density at radius 1 is 1.00 bits per heavy atom. The fraction of sp³-hybridized carbons (Fsp3) is 0.600. The van der Waals surface area contributed by atoms with Crippen LogP contribution >= 0.6 is 11.6 Å². The van der Waals surface area contributed by atoms with Gasteiger partial charge in [0.15, 0.2) is 0 Å². The molecule has 0 spiro atoms. The van der Waals surface area contributed by atoms with Crippen molar-refractivity contribution in [2.75, 3.05) is 51.8 Å². The summed E-state index contributed by atoms with van der Waals surface area (Å²) >= 11 is 6.45. The van der Waals surface area contributed by atoms with Crippen LogP contribution in [0.5, 0.6) is 5.75 Å². The predicted molar refractivity (Wildman–Crippen MR) is 170 cm³/mol. The number of carbonyl (C=O) groups is 2. The first-order chi connectivity index (χ1) is 21.7. The van der Waals surface area contributed by atoms with Crippen LogP contribution in [0.2, 0.25) is 5.02 Å². The monoisotopic (exact) mass is 639 g/mol. The third-order valence-electron chi connectivity index (χ3n) is 11.6. The summed E-state index contributed by atoms with van der Waals surface area (Å²) in [5.41, 5.74) is 0.863. The van der Waals surface area contributed by atoms with Gasteiger partial charge in [-0.25, -0.2) is 4.39 Å². The Labute approximate surface area is 269 Å². The third-order valence-corrected chi connectivity index (χ3v) is 11.8. The van der Waals surface area contributed by atoms with Crippen molar-refractivity contribution in [3.8, 4) is 5.75 Å². The van der Waals surface area contributed by atoms with Crippen molar-refractivity contribution < 1.29 is 28.6 Å². The van der Waals surface area contributed by atoms with E-state index in [2.05, 4.69) is 9.80 Å². The first-order valence-corrected chi connectivity index (χ1v) is 16.8. The number of carboxylic acid groups (broad SMARTS) is 1. The van der Waals surface area contributed by atoms with Gasteiger partial charge in [-0.15, -0.1) is 0 Å². The summed E-state index contributed by atoms with van der Waals surface area (Å²) in [6.07, 6.45) is 5.04. The number of carboxylic acids is 1. The normalized spacial score (nSPS) is 34.6. The molecular formula is C35H43ClFN3O5. The lowest BCUT2D eigenvalue weighted by atomic mass is 9.73. The van der Waals surface area contributed by atoms with Crippen molar-refractivity contribution in [1.29, 1.82) is 0 Å². The summed E-state index contributed by atoms with van der Waals surface area (Å²) < 4.78 is 28.7. The summed E-state index contributed by atoms with van der Waals surface area (Å²) in [4.78, 5) is 32.9. The summed E-state index contributed by atoms with van der Waals surface area (Å²) in [5, 5.41) is 10.5. The molecule has 2 unspecified atom stereocenters. The van der Waals surface area contributed by atoms with Crippen molar-refractivity contribution in [2.45, 2.75) is 74.2 Å². The Morgan fingerprint density at radius 2 is 1.76 bits per heavy atom. The van der Waals surface area contributed by atoms with Gasteiger partial charge in [-0.2, -0.15) is 0 Å². The Morgan fingerprint density at radius 3 is 2.44 bits per heavy atom. The number of hydrogen-bond acceptors (Lipinski definition) is 6. The number of alkyl halides is 1. The minimum Gasteiger partial charge on any atom is -0.497 e. The number of halogens is 2. The lowest BCUT2D eigenvalue weighted by Gasteiger charge is -2.49. The minimum atomic E-state index is -2.08. The number of anilines is 1. The van der Waals surface area contributed by atoms with Gasteiger partial charge in [-0.05, 0) is 73.9 Å². The number of hydrogen-bond donors (Lipinski definition) is 1. The van der Waals surface area contributed by atoms with E-state index in [1.807, 2.05) is 42.5 Å². The maximum absolute atomic E-state index is 17.8. The molecule has 0 aromatic heterocycles. The molecular weight excluding hydrogens is 597 g/mol. The smallest absolute Gasteiger partial charge is 0.306 e. The van der Waals surface area contributed by atoms with Gasteiger partial charge in [-0.3, -0.25) is 14.5 Å². The molecule has 0 radical (unpaired) electrons. The number of carbonyl (C=O) groups excluding carboxylic acids is 1. The molecule has 4 heterocycles. The Kier molecular flexibility index (Phi) is 8.23. The van der Waals surface area contributed by atoms with Crippen molar-refractivity contribution in [3.63, 3.8) is 0 Å². The van der Waals surface area contributed by atoms with Crippen molar-refractivity contribution in [2.24, 2.45) is 11.8 Å². The Bertz CT molecular complexity index is 1430. The highest BCUT2D eigenvalue weighted by atomic mass is 35.5. The average molecular weight is 640 g/mol. The number of rotatable bonds is 6. The van der Waals surface area contributed by atoms with Gasteiger partial charge in [0.2, 0.25) is 5.67 Å². The quantitative estimate of drug-likeness (QED) is 0.457. The molecule has 242 valence electrons. The second-order valence-corrected chi connectivity index (χ2v) is 14.2. The molecule has 8 nitrogen and oxygen atoms in total. The SMILES string of the molecule is COc1ccc([C@@H]2CN(C3CCC(OC)CC3)C[C@@]2(F)C(=O)N2C[C@@H]3c4ccc(Cl)cc4N4CCC(C(=O)O)CC4[C@H]3C2)cc1. The molecule has 2 aromatic rings. The molecule has 5 aliphatic rings. The number of ether oxygens (including phenoxy) is 2. The van der Waals surface area contributed by atoms with Crippen LogP contribution in [-0.2, 0) is 14.3 Å². The zero-order chi connectivity index (χ0) is 31.5. The van der Waals surface area contributed by atoms with Crippen LogP contribution < -0.4 is 9.64 Å². The van der Waals surface area contributed by atoms with E-state index in [4.69, 9.17) is 21.1 Å². The van der Waals surface area contributed by atoms with Crippen molar-refractivity contribution >= 4 is 29.2 Å². The van der Waals surface area contributed by atoms with Crippen LogP contribution in [0.3, 0.4) is 0 Å². The molecule has 10 heteroatoms. The first-order valence-electron chi connectivity index (χ1n) is 16.4. The zero-order valence-electron chi connectivity index (χ0n) is 26.0. The number of likely N-dealkylation sites (tertiary alicyclic amines) is 2. The van der Waals surface area contributed by atoms with Crippen LogP contribution in [0, 0.1) is 11.8 Å². The van der Waals surface area contributed by atoms with Gasteiger partial charge in [0.1, 0.15) is 5.75 Å². The van der Waals surface area contributed by atoms with E-state index in [1.165, 1.54) is 0 Å². The topological polar surface area (TPSA) is 82.6 Å².